The fourth-order valence-corrected chi connectivity index (χ4v) is 3.51. The van der Waals surface area contributed by atoms with Gasteiger partial charge in [0.05, 0.1) is 41.9 Å². The summed E-state index contributed by atoms with van der Waals surface area (Å²) >= 11 is 0. The van der Waals surface area contributed by atoms with Crippen molar-refractivity contribution in [2.45, 2.75) is 0 Å². The highest BCUT2D eigenvalue weighted by Crippen LogP contribution is 2.20. The van der Waals surface area contributed by atoms with E-state index in [1.807, 2.05) is 0 Å². The van der Waals surface area contributed by atoms with Crippen LogP contribution in [-0.4, -0.2) is 35.7 Å². The first-order chi connectivity index (χ1) is 16.8. The number of fused-ring (bicyclic) bond motifs is 1. The molecule has 0 radical (unpaired) electrons. The maximum Gasteiger partial charge on any atom is 0.337 e. The second-order valence-electron chi connectivity index (χ2n) is 7.39. The van der Waals surface area contributed by atoms with Gasteiger partial charge in [0, 0.05) is 0 Å². The van der Waals surface area contributed by atoms with Crippen molar-refractivity contribution in [3.05, 3.63) is 105 Å². The zero-order valence-electron chi connectivity index (χ0n) is 18.6. The van der Waals surface area contributed by atoms with Gasteiger partial charge in [0.15, 0.2) is 11.6 Å². The Morgan fingerprint density at radius 2 is 1.51 bits per heavy atom. The third kappa shape index (κ3) is 4.70. The van der Waals surface area contributed by atoms with Crippen LogP contribution < -0.4 is 5.56 Å². The number of methoxy groups -OCH3 is 2. The molecule has 3 aromatic carbocycles. The van der Waals surface area contributed by atoms with Crippen molar-refractivity contribution in [2.75, 3.05) is 14.2 Å². The van der Waals surface area contributed by atoms with E-state index in [4.69, 9.17) is 9.47 Å². The van der Waals surface area contributed by atoms with Gasteiger partial charge in [-0.25, -0.2) is 23.4 Å². The zero-order chi connectivity index (χ0) is 25.1. The third-order valence-corrected chi connectivity index (χ3v) is 5.19. The van der Waals surface area contributed by atoms with Gasteiger partial charge in [-0.05, 0) is 54.1 Å². The number of esters is 2. The number of benzene rings is 3. The molecule has 0 aliphatic rings. The number of hydrogen-bond acceptors (Lipinski definition) is 6. The molecule has 1 aromatic heterocycles. The first kappa shape index (κ1) is 23.5. The molecule has 7 nitrogen and oxygen atoms in total. The van der Waals surface area contributed by atoms with E-state index in [9.17, 15) is 23.2 Å². The molecule has 4 rings (SSSR count). The molecule has 35 heavy (non-hydrogen) atoms. The quantitative estimate of drug-likeness (QED) is 0.397. The number of nitrogens with zero attached hydrogens (tertiary/aromatic N) is 2. The maximum absolute atomic E-state index is 13.7. The number of halogens is 2. The second kappa shape index (κ2) is 9.68. The van der Waals surface area contributed by atoms with Crippen LogP contribution in [0.2, 0.25) is 0 Å². The molecular weight excluding hydrogens is 458 g/mol. The summed E-state index contributed by atoms with van der Waals surface area (Å²) < 4.78 is 37.7. The second-order valence-corrected chi connectivity index (χ2v) is 7.39. The molecule has 9 heteroatoms. The Morgan fingerprint density at radius 1 is 0.857 bits per heavy atom. The molecule has 0 fully saturated rings. The lowest BCUT2D eigenvalue weighted by atomic mass is 10.1. The van der Waals surface area contributed by atoms with Gasteiger partial charge >= 0.3 is 11.9 Å². The van der Waals surface area contributed by atoms with Crippen molar-refractivity contribution < 1.29 is 27.8 Å². The largest absolute Gasteiger partial charge is 0.465 e. The monoisotopic (exact) mass is 476 g/mol. The van der Waals surface area contributed by atoms with Crippen LogP contribution in [-0.2, 0) is 9.47 Å². The Morgan fingerprint density at radius 3 is 2.14 bits per heavy atom. The molecule has 0 unspecified atom stereocenters. The molecule has 0 spiro atoms. The standard InChI is InChI=1S/C26H18F2N2O5/c1-34-25(32)16-12-17(26(33)35-2)14-18(13-16)30-23(10-8-15-7-9-20(27)21(28)11-15)29-22-6-4-3-5-19(22)24(30)31/h3-14H,1-2H3/b10-8-. The number of ether oxygens (including phenoxy) is 2. The molecule has 0 aliphatic heterocycles. The van der Waals surface area contributed by atoms with Gasteiger partial charge in [-0.2, -0.15) is 0 Å². The van der Waals surface area contributed by atoms with E-state index in [1.54, 1.807) is 24.3 Å². The van der Waals surface area contributed by atoms with Crippen LogP contribution in [0.15, 0.2) is 65.5 Å². The van der Waals surface area contributed by atoms with E-state index < -0.39 is 29.1 Å². The van der Waals surface area contributed by atoms with Gasteiger partial charge in [0.25, 0.3) is 5.56 Å². The zero-order valence-corrected chi connectivity index (χ0v) is 18.6. The summed E-state index contributed by atoms with van der Waals surface area (Å²) in [6.45, 7) is 0. The normalized spacial score (nSPS) is 11.1. The van der Waals surface area contributed by atoms with Crippen LogP contribution in [0.25, 0.3) is 28.7 Å². The lowest BCUT2D eigenvalue weighted by Gasteiger charge is -2.14. The predicted octanol–water partition coefficient (Wildman–Crippen LogP) is 4.41. The van der Waals surface area contributed by atoms with Gasteiger partial charge in [-0.3, -0.25) is 9.36 Å². The molecule has 0 saturated heterocycles. The Kier molecular flexibility index (Phi) is 6.50. The fourth-order valence-electron chi connectivity index (χ4n) is 3.51. The molecule has 176 valence electrons. The first-order valence-corrected chi connectivity index (χ1v) is 10.3. The Hall–Kier alpha value is -4.66. The van der Waals surface area contributed by atoms with E-state index in [-0.39, 0.29) is 22.6 Å². The highest BCUT2D eigenvalue weighted by Gasteiger charge is 2.18. The summed E-state index contributed by atoms with van der Waals surface area (Å²) in [6.07, 6.45) is 2.91. The van der Waals surface area contributed by atoms with E-state index in [0.717, 1.165) is 12.1 Å². The van der Waals surface area contributed by atoms with Gasteiger partial charge in [0.1, 0.15) is 5.82 Å². The van der Waals surface area contributed by atoms with Gasteiger partial charge in [-0.1, -0.05) is 24.3 Å². The highest BCUT2D eigenvalue weighted by atomic mass is 19.2. The maximum atomic E-state index is 13.7. The molecule has 0 bridgehead atoms. The van der Waals surface area contributed by atoms with Gasteiger partial charge in [0.2, 0.25) is 0 Å². The number of carbonyl (C=O) groups excluding carboxylic acids is 2. The lowest BCUT2D eigenvalue weighted by Crippen LogP contribution is -2.23. The van der Waals surface area contributed by atoms with Crippen molar-refractivity contribution >= 4 is 35.0 Å². The van der Waals surface area contributed by atoms with Crippen LogP contribution in [0.3, 0.4) is 0 Å². The topological polar surface area (TPSA) is 87.5 Å². The molecular formula is C26H18F2N2O5. The lowest BCUT2D eigenvalue weighted by molar-refractivity contribution is 0.0599. The highest BCUT2D eigenvalue weighted by molar-refractivity contribution is 5.96. The summed E-state index contributed by atoms with van der Waals surface area (Å²) in [7, 11) is 2.37. The van der Waals surface area contributed by atoms with E-state index in [2.05, 4.69) is 4.98 Å². The molecule has 0 amide bonds. The smallest absolute Gasteiger partial charge is 0.337 e. The minimum atomic E-state index is -1.02. The molecule has 0 atom stereocenters. The fraction of sp³-hybridized carbons (Fsp3) is 0.0769. The van der Waals surface area contributed by atoms with Crippen LogP contribution in [0.5, 0.6) is 0 Å². The van der Waals surface area contributed by atoms with Crippen LogP contribution >= 0.6 is 0 Å². The number of hydrogen-bond donors (Lipinski definition) is 0. The van der Waals surface area contributed by atoms with E-state index >= 15 is 0 Å². The summed E-state index contributed by atoms with van der Waals surface area (Å²) in [5.41, 5.74) is 0.439. The minimum Gasteiger partial charge on any atom is -0.465 e. The average molecular weight is 476 g/mol. The number of rotatable bonds is 5. The van der Waals surface area contributed by atoms with Crippen molar-refractivity contribution in [1.29, 1.82) is 0 Å². The number of aromatic nitrogens is 2. The first-order valence-electron chi connectivity index (χ1n) is 10.3. The Balaban J connectivity index is 1.99. The molecule has 0 aliphatic carbocycles. The van der Waals surface area contributed by atoms with Crippen LogP contribution in [0, 0.1) is 11.6 Å². The number of para-hydroxylation sites is 1. The summed E-state index contributed by atoms with van der Waals surface area (Å²) in [5.74, 6) is -3.34. The summed E-state index contributed by atoms with van der Waals surface area (Å²) in [5, 5.41) is 0.292. The van der Waals surface area contributed by atoms with Crippen LogP contribution in [0.1, 0.15) is 32.1 Å². The van der Waals surface area contributed by atoms with Gasteiger partial charge in [-0.15, -0.1) is 0 Å². The SMILES string of the molecule is COC(=O)c1cc(C(=O)OC)cc(-n2c(/C=C\c3ccc(F)c(F)c3)nc3ccccc3c2=O)c1. The van der Waals surface area contributed by atoms with Crippen molar-refractivity contribution in [1.82, 2.24) is 9.55 Å². The molecule has 0 saturated carbocycles. The van der Waals surface area contributed by atoms with Gasteiger partial charge < -0.3 is 9.47 Å². The summed E-state index contributed by atoms with van der Waals surface area (Å²) in [6, 6.07) is 14.0. The van der Waals surface area contributed by atoms with Crippen molar-refractivity contribution in [2.24, 2.45) is 0 Å². The van der Waals surface area contributed by atoms with Crippen molar-refractivity contribution in [3.63, 3.8) is 0 Å². The summed E-state index contributed by atoms with van der Waals surface area (Å²) in [4.78, 5) is 42.6. The predicted molar refractivity (Wildman–Crippen MR) is 125 cm³/mol. The Labute approximate surface area is 197 Å². The number of carbonyl (C=O) groups is 2. The van der Waals surface area contributed by atoms with Crippen LogP contribution in [0.4, 0.5) is 8.78 Å². The van der Waals surface area contributed by atoms with E-state index in [1.165, 1.54) is 55.2 Å². The third-order valence-electron chi connectivity index (χ3n) is 5.19. The van der Waals surface area contributed by atoms with E-state index in [0.29, 0.717) is 16.5 Å². The molecule has 1 heterocycles. The average Bonchev–Trinajstić information content (AvgIpc) is 2.88. The van der Waals surface area contributed by atoms with Crippen molar-refractivity contribution in [3.8, 4) is 5.69 Å². The molecule has 4 aromatic rings. The molecule has 0 N–H and O–H groups in total. The minimum absolute atomic E-state index is 0.0148. The Bertz CT molecular complexity index is 1530.